The molecule has 26 heavy (non-hydrogen) atoms. The molecular weight excluding hydrogens is 370 g/mol. The Kier molecular flexibility index (Phi) is 8.57. The fraction of sp³-hybridized carbons (Fsp3) is 1.00. The molecular formula is C17H34BN2O4PS. The van der Waals surface area contributed by atoms with Crippen molar-refractivity contribution < 1.29 is 18.9 Å². The first-order valence-corrected chi connectivity index (χ1v) is 12.3. The fourth-order valence-electron chi connectivity index (χ4n) is 3.74. The van der Waals surface area contributed by atoms with Crippen LogP contribution in [0.5, 0.6) is 0 Å². The zero-order valence-electron chi connectivity index (χ0n) is 16.6. The molecule has 0 aromatic rings. The minimum atomic E-state index is -3.13. The van der Waals surface area contributed by atoms with Gasteiger partial charge in [-0.3, -0.25) is 0 Å². The molecule has 0 saturated carbocycles. The SMILES string of the molecule is [B][C@H]1CC(NC(C)C)[C@@H](COP(O)(=S)NC2C[C@H](C)O[C@@H]2CC(C)C)O1. The Morgan fingerprint density at radius 3 is 2.50 bits per heavy atom. The zero-order valence-corrected chi connectivity index (χ0v) is 18.3. The van der Waals surface area contributed by atoms with Crippen LogP contribution in [0.3, 0.4) is 0 Å². The number of rotatable bonds is 9. The highest BCUT2D eigenvalue weighted by Crippen LogP contribution is 2.42. The lowest BCUT2D eigenvalue weighted by Crippen LogP contribution is -2.43. The van der Waals surface area contributed by atoms with E-state index >= 15 is 0 Å². The van der Waals surface area contributed by atoms with Gasteiger partial charge < -0.3 is 24.2 Å². The van der Waals surface area contributed by atoms with E-state index in [4.69, 9.17) is 33.7 Å². The standard InChI is InChI=1S/C17H34BN2O4PS/c1-10(2)6-15-14(7-12(5)23-15)20-25(21,26)22-9-16-13(19-11(3)4)8-17(18)24-16/h10-17,19H,6-9H2,1-5H3,(H2,20,21,26)/t12-,13?,14?,15+,16+,17+,25?/m0/s1. The lowest BCUT2D eigenvalue weighted by molar-refractivity contribution is 0.0341. The molecule has 0 aliphatic carbocycles. The summed E-state index contributed by atoms with van der Waals surface area (Å²) in [5.74, 6) is 0.517. The van der Waals surface area contributed by atoms with Gasteiger partial charge in [-0.15, -0.1) is 0 Å². The van der Waals surface area contributed by atoms with Crippen molar-refractivity contribution >= 4 is 26.3 Å². The van der Waals surface area contributed by atoms with E-state index < -0.39 is 6.64 Å². The Labute approximate surface area is 164 Å². The first kappa shape index (κ1) is 22.8. The summed E-state index contributed by atoms with van der Waals surface area (Å²) in [4.78, 5) is 10.6. The van der Waals surface area contributed by atoms with Crippen molar-refractivity contribution in [2.24, 2.45) is 5.92 Å². The molecule has 0 bridgehead atoms. The Morgan fingerprint density at radius 2 is 1.88 bits per heavy atom. The number of nitrogens with one attached hydrogen (secondary N) is 2. The second kappa shape index (κ2) is 9.79. The first-order chi connectivity index (χ1) is 12.1. The van der Waals surface area contributed by atoms with Gasteiger partial charge >= 0.3 is 0 Å². The van der Waals surface area contributed by atoms with Crippen molar-refractivity contribution in [3.05, 3.63) is 0 Å². The highest BCUT2D eigenvalue weighted by Gasteiger charge is 2.38. The summed E-state index contributed by atoms with van der Waals surface area (Å²) in [6, 6.07) is 0.118. The molecule has 2 aliphatic heterocycles. The van der Waals surface area contributed by atoms with Crippen LogP contribution in [0, 0.1) is 5.92 Å². The van der Waals surface area contributed by atoms with Crippen LogP contribution in [0.15, 0.2) is 0 Å². The van der Waals surface area contributed by atoms with Crippen LogP contribution in [-0.2, 0) is 25.8 Å². The first-order valence-electron chi connectivity index (χ1n) is 9.63. The molecule has 2 radical (unpaired) electrons. The summed E-state index contributed by atoms with van der Waals surface area (Å²) in [6.07, 6.45) is 2.46. The van der Waals surface area contributed by atoms with Crippen molar-refractivity contribution in [1.82, 2.24) is 10.4 Å². The number of hydrogen-bond donors (Lipinski definition) is 3. The molecule has 3 N–H and O–H groups in total. The van der Waals surface area contributed by atoms with Gasteiger partial charge in [-0.1, -0.05) is 27.7 Å². The van der Waals surface area contributed by atoms with E-state index in [1.165, 1.54) is 0 Å². The third-order valence-electron chi connectivity index (χ3n) is 4.72. The van der Waals surface area contributed by atoms with E-state index in [1.807, 2.05) is 6.92 Å². The second-order valence-corrected chi connectivity index (χ2v) is 11.3. The van der Waals surface area contributed by atoms with E-state index in [0.29, 0.717) is 12.0 Å². The third-order valence-corrected chi connectivity index (χ3v) is 6.51. The molecule has 2 aliphatic rings. The molecule has 150 valence electrons. The Morgan fingerprint density at radius 1 is 1.19 bits per heavy atom. The summed E-state index contributed by atoms with van der Waals surface area (Å²) >= 11 is 5.35. The summed E-state index contributed by atoms with van der Waals surface area (Å²) in [7, 11) is 5.91. The van der Waals surface area contributed by atoms with Crippen LogP contribution in [-0.4, -0.2) is 61.8 Å². The molecule has 6 nitrogen and oxygen atoms in total. The maximum absolute atomic E-state index is 10.6. The average molecular weight is 404 g/mol. The molecule has 0 amide bonds. The van der Waals surface area contributed by atoms with Gasteiger partial charge in [0.15, 0.2) is 0 Å². The van der Waals surface area contributed by atoms with Crippen molar-refractivity contribution in [3.63, 3.8) is 0 Å². The lowest BCUT2D eigenvalue weighted by Gasteiger charge is -2.28. The minimum absolute atomic E-state index is 0.0135. The van der Waals surface area contributed by atoms with Gasteiger partial charge in [-0.2, -0.15) is 0 Å². The molecule has 2 heterocycles. The molecule has 7 atom stereocenters. The van der Waals surface area contributed by atoms with Crippen LogP contribution in [0.25, 0.3) is 0 Å². The lowest BCUT2D eigenvalue weighted by atomic mass is 9.95. The monoisotopic (exact) mass is 404 g/mol. The quantitative estimate of drug-likeness (QED) is 0.401. The summed E-state index contributed by atoms with van der Waals surface area (Å²) in [5.41, 5.74) is 0. The highest BCUT2D eigenvalue weighted by molar-refractivity contribution is 8.08. The van der Waals surface area contributed by atoms with E-state index in [1.54, 1.807) is 0 Å². The Bertz CT molecular complexity index is 499. The largest absolute Gasteiger partial charge is 0.381 e. The summed E-state index contributed by atoms with van der Waals surface area (Å²) in [5, 5.41) is 6.60. The summed E-state index contributed by atoms with van der Waals surface area (Å²) < 4.78 is 17.4. The molecule has 2 rings (SSSR count). The molecule has 3 unspecified atom stereocenters. The van der Waals surface area contributed by atoms with E-state index in [2.05, 4.69) is 38.1 Å². The number of hydrogen-bond acceptors (Lipinski definition) is 5. The second-order valence-electron chi connectivity index (χ2n) is 8.28. The molecule has 9 heteroatoms. The van der Waals surface area contributed by atoms with Crippen molar-refractivity contribution in [2.45, 2.75) is 96.3 Å². The highest BCUT2D eigenvalue weighted by atomic mass is 32.5. The number of ether oxygens (including phenoxy) is 2. The Hall–Kier alpha value is 0.475. The van der Waals surface area contributed by atoms with Crippen LogP contribution in [0.4, 0.5) is 0 Å². The van der Waals surface area contributed by atoms with Gasteiger partial charge in [-0.25, -0.2) is 5.09 Å². The van der Waals surface area contributed by atoms with Gasteiger partial charge in [0, 0.05) is 24.1 Å². The Balaban J connectivity index is 1.88. The van der Waals surface area contributed by atoms with Crippen LogP contribution >= 0.6 is 6.64 Å². The molecule has 0 aromatic carbocycles. The van der Waals surface area contributed by atoms with E-state index in [-0.39, 0.29) is 43.0 Å². The van der Waals surface area contributed by atoms with E-state index in [9.17, 15) is 4.89 Å². The van der Waals surface area contributed by atoms with Gasteiger partial charge in [0.05, 0.1) is 24.9 Å². The average Bonchev–Trinajstić information content (AvgIpc) is 2.98. The van der Waals surface area contributed by atoms with Gasteiger partial charge in [0.2, 0.25) is 0 Å². The molecule has 2 fully saturated rings. The predicted octanol–water partition coefficient (Wildman–Crippen LogP) is 2.05. The molecule has 0 spiro atoms. The predicted molar refractivity (Wildman–Crippen MR) is 109 cm³/mol. The summed E-state index contributed by atoms with van der Waals surface area (Å²) in [6.45, 7) is 7.63. The maximum atomic E-state index is 10.6. The normalized spacial score (nSPS) is 37.5. The minimum Gasteiger partial charge on any atom is -0.381 e. The van der Waals surface area contributed by atoms with Gasteiger partial charge in [-0.05, 0) is 43.9 Å². The van der Waals surface area contributed by atoms with Crippen LogP contribution in [0.1, 0.15) is 53.9 Å². The van der Waals surface area contributed by atoms with Crippen molar-refractivity contribution in [3.8, 4) is 0 Å². The maximum Gasteiger partial charge on any atom is 0.259 e. The zero-order chi connectivity index (χ0) is 19.5. The third kappa shape index (κ3) is 7.14. The smallest absolute Gasteiger partial charge is 0.259 e. The molecule has 2 saturated heterocycles. The van der Waals surface area contributed by atoms with Crippen LogP contribution in [0.2, 0.25) is 0 Å². The van der Waals surface area contributed by atoms with E-state index in [0.717, 1.165) is 19.3 Å². The molecule has 0 aromatic heterocycles. The fourth-order valence-corrected chi connectivity index (χ4v) is 5.44. The van der Waals surface area contributed by atoms with Crippen LogP contribution < -0.4 is 10.4 Å². The van der Waals surface area contributed by atoms with Gasteiger partial charge in [0.1, 0.15) is 7.85 Å². The van der Waals surface area contributed by atoms with Crippen molar-refractivity contribution in [2.75, 3.05) is 6.61 Å². The van der Waals surface area contributed by atoms with Crippen molar-refractivity contribution in [1.29, 1.82) is 0 Å². The van der Waals surface area contributed by atoms with Gasteiger partial charge in [0.25, 0.3) is 6.64 Å². The topological polar surface area (TPSA) is 72.0 Å².